The quantitative estimate of drug-likeness (QED) is 0.581. The molecule has 1 saturated heterocycles. The number of carbonyl (C=O) groups is 1. The van der Waals surface area contributed by atoms with E-state index in [4.69, 9.17) is 9.47 Å². The Bertz CT molecular complexity index is 1120. The Morgan fingerprint density at radius 1 is 1.06 bits per heavy atom. The van der Waals surface area contributed by atoms with Gasteiger partial charge in [-0.3, -0.25) is 9.10 Å². The molecule has 2 heterocycles. The Kier molecular flexibility index (Phi) is 7.10. The molecule has 0 bridgehead atoms. The van der Waals surface area contributed by atoms with E-state index in [1.807, 2.05) is 26.0 Å². The first-order chi connectivity index (χ1) is 15.8. The Morgan fingerprint density at radius 2 is 1.82 bits per heavy atom. The molecule has 0 aliphatic carbocycles. The lowest BCUT2D eigenvalue weighted by atomic mass is 9.95. The van der Waals surface area contributed by atoms with Crippen molar-refractivity contribution in [2.24, 2.45) is 5.92 Å². The van der Waals surface area contributed by atoms with E-state index < -0.39 is 16.1 Å². The number of sulfonamides is 1. The Labute approximate surface area is 196 Å². The molecule has 1 fully saturated rings. The van der Waals surface area contributed by atoms with Crippen LogP contribution >= 0.6 is 0 Å². The first-order valence-electron chi connectivity index (χ1n) is 11.9. The van der Waals surface area contributed by atoms with E-state index in [1.165, 1.54) is 4.31 Å². The summed E-state index contributed by atoms with van der Waals surface area (Å²) >= 11 is 0. The standard InChI is InChI=1S/C26H33NO5S/c1-4-19-6-8-24-23(15-19)25(28)14-18(3)27(24)33(29,30)22-7-9-26(21(5-2)16-22)32-17-20-10-12-31-13-11-20/h6-9,15-16,18,20H,4-5,10-14,17H2,1-3H3. The van der Waals surface area contributed by atoms with Gasteiger partial charge >= 0.3 is 0 Å². The van der Waals surface area contributed by atoms with Crippen molar-refractivity contribution in [2.75, 3.05) is 24.1 Å². The lowest BCUT2D eigenvalue weighted by Gasteiger charge is -2.35. The van der Waals surface area contributed by atoms with Crippen molar-refractivity contribution in [3.05, 3.63) is 53.1 Å². The maximum atomic E-state index is 13.8. The van der Waals surface area contributed by atoms with Crippen LogP contribution in [0.3, 0.4) is 0 Å². The molecular weight excluding hydrogens is 438 g/mol. The average Bonchev–Trinajstić information content (AvgIpc) is 2.82. The van der Waals surface area contributed by atoms with E-state index >= 15 is 0 Å². The molecule has 2 aliphatic rings. The van der Waals surface area contributed by atoms with Crippen LogP contribution < -0.4 is 9.04 Å². The smallest absolute Gasteiger partial charge is 0.264 e. The number of ether oxygens (including phenoxy) is 2. The van der Waals surface area contributed by atoms with Crippen molar-refractivity contribution in [1.29, 1.82) is 0 Å². The molecule has 6 nitrogen and oxygen atoms in total. The van der Waals surface area contributed by atoms with E-state index in [-0.39, 0.29) is 17.1 Å². The second kappa shape index (κ2) is 9.85. The van der Waals surface area contributed by atoms with Crippen LogP contribution in [0.2, 0.25) is 0 Å². The number of carbonyl (C=O) groups excluding carboxylic acids is 1. The van der Waals surface area contributed by atoms with Gasteiger partial charge in [0.05, 0.1) is 17.2 Å². The molecule has 0 spiro atoms. The molecular formula is C26H33NO5S. The molecule has 2 aromatic carbocycles. The van der Waals surface area contributed by atoms with Crippen LogP contribution in [-0.2, 0) is 27.6 Å². The van der Waals surface area contributed by atoms with Crippen molar-refractivity contribution < 1.29 is 22.7 Å². The first kappa shape index (κ1) is 23.8. The van der Waals surface area contributed by atoms with E-state index in [0.29, 0.717) is 30.2 Å². The van der Waals surface area contributed by atoms with Crippen LogP contribution in [0, 0.1) is 5.92 Å². The summed E-state index contributed by atoms with van der Waals surface area (Å²) in [5.41, 5.74) is 2.84. The summed E-state index contributed by atoms with van der Waals surface area (Å²) in [6.07, 6.45) is 3.60. The number of hydrogen-bond acceptors (Lipinski definition) is 5. The lowest BCUT2D eigenvalue weighted by molar-refractivity contribution is 0.0496. The maximum absolute atomic E-state index is 13.8. The van der Waals surface area contributed by atoms with Crippen molar-refractivity contribution in [3.63, 3.8) is 0 Å². The molecule has 0 N–H and O–H groups in total. The molecule has 2 aliphatic heterocycles. The highest BCUT2D eigenvalue weighted by atomic mass is 32.2. The number of rotatable bonds is 7. The zero-order valence-corrected chi connectivity index (χ0v) is 20.5. The number of aryl methyl sites for hydroxylation is 2. The van der Waals surface area contributed by atoms with E-state index in [9.17, 15) is 13.2 Å². The molecule has 7 heteroatoms. The van der Waals surface area contributed by atoms with Crippen molar-refractivity contribution in [2.45, 2.75) is 63.8 Å². The fourth-order valence-corrected chi connectivity index (χ4v) is 6.38. The average molecular weight is 472 g/mol. The number of nitrogens with zero attached hydrogens (tertiary/aromatic N) is 1. The molecule has 1 atom stereocenters. The third-order valence-electron chi connectivity index (χ3n) is 6.67. The second-order valence-corrected chi connectivity index (χ2v) is 10.8. The summed E-state index contributed by atoms with van der Waals surface area (Å²) in [5.74, 6) is 1.19. The summed E-state index contributed by atoms with van der Waals surface area (Å²) in [6.45, 7) is 7.95. The minimum absolute atomic E-state index is 0.00893. The van der Waals surface area contributed by atoms with Crippen LogP contribution in [0.1, 0.15) is 61.5 Å². The third kappa shape index (κ3) is 4.80. The molecule has 0 aromatic heterocycles. The molecule has 0 saturated carbocycles. The lowest BCUT2D eigenvalue weighted by Crippen LogP contribution is -2.43. The third-order valence-corrected chi connectivity index (χ3v) is 8.60. The Hall–Kier alpha value is -2.38. The molecule has 1 unspecified atom stereocenters. The zero-order valence-electron chi connectivity index (χ0n) is 19.7. The number of anilines is 1. The van der Waals surface area contributed by atoms with Gasteiger partial charge in [-0.15, -0.1) is 0 Å². The van der Waals surface area contributed by atoms with Crippen molar-refractivity contribution in [1.82, 2.24) is 0 Å². The molecule has 0 amide bonds. The van der Waals surface area contributed by atoms with Crippen LogP contribution in [0.4, 0.5) is 5.69 Å². The van der Waals surface area contributed by atoms with Gasteiger partial charge in [-0.25, -0.2) is 8.42 Å². The fourth-order valence-electron chi connectivity index (χ4n) is 4.65. The van der Waals surface area contributed by atoms with Crippen LogP contribution in [-0.4, -0.2) is 40.1 Å². The highest BCUT2D eigenvalue weighted by molar-refractivity contribution is 7.92. The Balaban J connectivity index is 1.64. The predicted octanol–water partition coefficient (Wildman–Crippen LogP) is 4.79. The van der Waals surface area contributed by atoms with Crippen molar-refractivity contribution in [3.8, 4) is 5.75 Å². The van der Waals surface area contributed by atoms with E-state index in [2.05, 4.69) is 0 Å². The molecule has 33 heavy (non-hydrogen) atoms. The highest BCUT2D eigenvalue weighted by Gasteiger charge is 2.37. The number of Topliss-reactive ketones (excluding diaryl/α,β-unsaturated/α-hetero) is 1. The fraction of sp³-hybridized carbons (Fsp3) is 0.500. The number of hydrogen-bond donors (Lipinski definition) is 0. The van der Waals surface area contributed by atoms with Gasteiger partial charge < -0.3 is 9.47 Å². The van der Waals surface area contributed by atoms with Gasteiger partial charge in [0.25, 0.3) is 10.0 Å². The van der Waals surface area contributed by atoms with E-state index in [1.54, 1.807) is 31.2 Å². The Morgan fingerprint density at radius 3 is 2.52 bits per heavy atom. The van der Waals surface area contributed by atoms with Crippen LogP contribution in [0.15, 0.2) is 41.3 Å². The maximum Gasteiger partial charge on any atom is 0.264 e. The minimum atomic E-state index is -3.84. The van der Waals surface area contributed by atoms with Gasteiger partial charge in [0.1, 0.15) is 5.75 Å². The summed E-state index contributed by atoms with van der Waals surface area (Å²) < 4.78 is 40.5. The van der Waals surface area contributed by atoms with Gasteiger partial charge in [-0.2, -0.15) is 0 Å². The molecule has 2 aromatic rings. The largest absolute Gasteiger partial charge is 0.493 e. The highest BCUT2D eigenvalue weighted by Crippen LogP contribution is 2.37. The van der Waals surface area contributed by atoms with Gasteiger partial charge in [0, 0.05) is 31.2 Å². The van der Waals surface area contributed by atoms with Crippen LogP contribution in [0.5, 0.6) is 5.75 Å². The monoisotopic (exact) mass is 471 g/mol. The first-order valence-corrected chi connectivity index (χ1v) is 13.3. The normalized spacial score (nSPS) is 19.4. The van der Waals surface area contributed by atoms with Gasteiger partial charge in [0.15, 0.2) is 5.78 Å². The molecule has 178 valence electrons. The van der Waals surface area contributed by atoms with Crippen LogP contribution in [0.25, 0.3) is 0 Å². The molecule has 4 rings (SSSR count). The summed E-state index contributed by atoms with van der Waals surface area (Å²) in [5, 5.41) is 0. The van der Waals surface area contributed by atoms with Gasteiger partial charge in [-0.1, -0.05) is 19.9 Å². The van der Waals surface area contributed by atoms with Crippen molar-refractivity contribution >= 4 is 21.5 Å². The zero-order chi connectivity index (χ0) is 23.6. The summed E-state index contributed by atoms with van der Waals surface area (Å²) in [7, 11) is -3.84. The second-order valence-electron chi connectivity index (χ2n) is 8.97. The molecule has 0 radical (unpaired) electrons. The van der Waals surface area contributed by atoms with Gasteiger partial charge in [-0.05, 0) is 80.0 Å². The minimum Gasteiger partial charge on any atom is -0.493 e. The predicted molar refractivity (Wildman–Crippen MR) is 129 cm³/mol. The number of ketones is 1. The summed E-state index contributed by atoms with van der Waals surface area (Å²) in [4.78, 5) is 12.9. The van der Waals surface area contributed by atoms with E-state index in [0.717, 1.165) is 49.4 Å². The SMILES string of the molecule is CCc1ccc2c(c1)C(=O)CC(C)N2S(=O)(=O)c1ccc(OCC2CCOCC2)c(CC)c1. The topological polar surface area (TPSA) is 72.9 Å². The number of fused-ring (bicyclic) bond motifs is 1. The number of benzene rings is 2. The van der Waals surface area contributed by atoms with Gasteiger partial charge in [0.2, 0.25) is 0 Å². The summed E-state index contributed by atoms with van der Waals surface area (Å²) in [6, 6.07) is 10.2.